The second-order valence-corrected chi connectivity index (χ2v) is 18.5. The van der Waals surface area contributed by atoms with Crippen molar-refractivity contribution >= 4 is 17.9 Å². The first-order chi connectivity index (χ1) is 31.5. The number of esters is 3. The van der Waals surface area contributed by atoms with Crippen LogP contribution in [0.4, 0.5) is 0 Å². The number of allylic oxidation sites excluding steroid dienone is 8. The lowest BCUT2D eigenvalue weighted by Crippen LogP contribution is -2.30. The molecule has 0 aliphatic carbocycles. The zero-order valence-corrected chi connectivity index (χ0v) is 42.6. The smallest absolute Gasteiger partial charge is 0.306 e. The number of carbonyl (C=O) groups excluding carboxylic acids is 3. The van der Waals surface area contributed by atoms with Crippen LogP contribution in [0.5, 0.6) is 0 Å². The minimum atomic E-state index is -0.779. The van der Waals surface area contributed by atoms with Crippen molar-refractivity contribution in [3.05, 3.63) is 48.6 Å². The molecule has 1 atom stereocenters. The molecule has 0 amide bonds. The van der Waals surface area contributed by atoms with Crippen LogP contribution in [0.3, 0.4) is 0 Å². The standard InChI is InChI=1S/C58H104O6/c1-4-7-10-13-16-19-22-24-26-28-29-30-32-33-36-39-42-45-48-51-57(60)63-54-55(53-62-56(59)50-47-44-41-38-35-21-18-15-12-9-6-3)64-58(61)52-49-46-43-40-37-34-31-27-25-23-20-17-14-11-8-5-2/h8,11,17,20,25,27-29,55H,4-7,9-10,12-16,18-19,21-24,26,30-54H2,1-3H3/b11-8-,20-17-,27-25-,29-28-. The summed E-state index contributed by atoms with van der Waals surface area (Å²) in [6.07, 6.45) is 63.8. The largest absolute Gasteiger partial charge is 0.462 e. The Morgan fingerprint density at radius 1 is 0.328 bits per heavy atom. The summed E-state index contributed by atoms with van der Waals surface area (Å²) in [4.78, 5) is 38.0. The molecule has 0 aromatic carbocycles. The van der Waals surface area contributed by atoms with Gasteiger partial charge in [-0.1, -0.05) is 236 Å². The predicted molar refractivity (Wildman–Crippen MR) is 275 cm³/mol. The zero-order chi connectivity index (χ0) is 46.5. The van der Waals surface area contributed by atoms with Crippen LogP contribution in [-0.4, -0.2) is 37.2 Å². The van der Waals surface area contributed by atoms with Gasteiger partial charge >= 0.3 is 17.9 Å². The summed E-state index contributed by atoms with van der Waals surface area (Å²) in [5.41, 5.74) is 0. The fourth-order valence-electron chi connectivity index (χ4n) is 7.92. The summed E-state index contributed by atoms with van der Waals surface area (Å²) in [5, 5.41) is 0. The quantitative estimate of drug-likeness (QED) is 0.0262. The van der Waals surface area contributed by atoms with Crippen LogP contribution in [0.25, 0.3) is 0 Å². The summed E-state index contributed by atoms with van der Waals surface area (Å²) >= 11 is 0. The average molecular weight is 897 g/mol. The molecular formula is C58H104O6. The molecule has 372 valence electrons. The second-order valence-electron chi connectivity index (χ2n) is 18.5. The van der Waals surface area contributed by atoms with Gasteiger partial charge in [0.1, 0.15) is 13.2 Å². The third-order valence-electron chi connectivity index (χ3n) is 12.1. The highest BCUT2D eigenvalue weighted by Gasteiger charge is 2.19. The van der Waals surface area contributed by atoms with Crippen molar-refractivity contribution in [1.29, 1.82) is 0 Å². The Kier molecular flexibility index (Phi) is 50.8. The SMILES string of the molecule is CC/C=C\C/C=C\C/C=C\CCCCCCCCC(=O)OC(COC(=O)CCCCCCCCC/C=C\CCCCCCCCCC)COC(=O)CCCCCCCCCCCCC. The molecule has 0 aliphatic heterocycles. The number of ether oxygens (including phenoxy) is 3. The lowest BCUT2D eigenvalue weighted by molar-refractivity contribution is -0.167. The van der Waals surface area contributed by atoms with Crippen LogP contribution in [0.15, 0.2) is 48.6 Å². The van der Waals surface area contributed by atoms with Gasteiger partial charge in [-0.25, -0.2) is 0 Å². The molecule has 0 heterocycles. The topological polar surface area (TPSA) is 78.9 Å². The van der Waals surface area contributed by atoms with E-state index in [1.165, 1.54) is 154 Å². The van der Waals surface area contributed by atoms with E-state index < -0.39 is 6.10 Å². The van der Waals surface area contributed by atoms with Crippen LogP contribution in [0.1, 0.15) is 284 Å². The minimum Gasteiger partial charge on any atom is -0.462 e. The Morgan fingerprint density at radius 2 is 0.609 bits per heavy atom. The summed E-state index contributed by atoms with van der Waals surface area (Å²) in [7, 11) is 0. The molecule has 0 N–H and O–H groups in total. The first-order valence-electron chi connectivity index (χ1n) is 27.6. The fourth-order valence-corrected chi connectivity index (χ4v) is 7.92. The molecular weight excluding hydrogens is 793 g/mol. The highest BCUT2D eigenvalue weighted by molar-refractivity contribution is 5.71. The van der Waals surface area contributed by atoms with Gasteiger partial charge in [-0.05, 0) is 77.0 Å². The molecule has 1 unspecified atom stereocenters. The maximum absolute atomic E-state index is 12.8. The third-order valence-corrected chi connectivity index (χ3v) is 12.1. The average Bonchev–Trinajstić information content (AvgIpc) is 3.29. The van der Waals surface area contributed by atoms with Crippen LogP contribution < -0.4 is 0 Å². The molecule has 0 bridgehead atoms. The molecule has 64 heavy (non-hydrogen) atoms. The molecule has 6 nitrogen and oxygen atoms in total. The Morgan fingerprint density at radius 3 is 0.969 bits per heavy atom. The fraction of sp³-hybridized carbons (Fsp3) is 0.810. The normalized spacial score (nSPS) is 12.4. The highest BCUT2D eigenvalue weighted by Crippen LogP contribution is 2.15. The van der Waals surface area contributed by atoms with Gasteiger partial charge in [-0.15, -0.1) is 0 Å². The van der Waals surface area contributed by atoms with Gasteiger partial charge in [0.2, 0.25) is 0 Å². The molecule has 0 saturated heterocycles. The maximum Gasteiger partial charge on any atom is 0.306 e. The van der Waals surface area contributed by atoms with Gasteiger partial charge in [0.15, 0.2) is 6.10 Å². The summed E-state index contributed by atoms with van der Waals surface area (Å²) in [6.45, 7) is 6.53. The minimum absolute atomic E-state index is 0.0774. The first kappa shape index (κ1) is 61.4. The second kappa shape index (κ2) is 53.0. The summed E-state index contributed by atoms with van der Waals surface area (Å²) < 4.78 is 16.8. The first-order valence-corrected chi connectivity index (χ1v) is 27.6. The van der Waals surface area contributed by atoms with Crippen molar-refractivity contribution in [2.45, 2.75) is 290 Å². The Labute approximate surface area is 397 Å². The van der Waals surface area contributed by atoms with Crippen molar-refractivity contribution in [2.24, 2.45) is 0 Å². The van der Waals surface area contributed by atoms with Gasteiger partial charge in [-0.3, -0.25) is 14.4 Å². The summed E-state index contributed by atoms with van der Waals surface area (Å²) in [6, 6.07) is 0. The van der Waals surface area contributed by atoms with Crippen LogP contribution in [0, 0.1) is 0 Å². The van der Waals surface area contributed by atoms with Crippen molar-refractivity contribution in [3.63, 3.8) is 0 Å². The van der Waals surface area contributed by atoms with E-state index in [0.29, 0.717) is 19.3 Å². The molecule has 0 aliphatic rings. The molecule has 6 heteroatoms. The number of hydrogen-bond donors (Lipinski definition) is 0. The van der Waals surface area contributed by atoms with E-state index in [2.05, 4.69) is 69.4 Å². The Bertz CT molecular complexity index is 1120. The molecule has 0 aromatic heterocycles. The van der Waals surface area contributed by atoms with Crippen molar-refractivity contribution in [1.82, 2.24) is 0 Å². The van der Waals surface area contributed by atoms with Crippen molar-refractivity contribution in [2.75, 3.05) is 13.2 Å². The maximum atomic E-state index is 12.8. The van der Waals surface area contributed by atoms with E-state index in [4.69, 9.17) is 14.2 Å². The monoisotopic (exact) mass is 897 g/mol. The van der Waals surface area contributed by atoms with E-state index in [9.17, 15) is 14.4 Å². The number of rotatable bonds is 50. The zero-order valence-electron chi connectivity index (χ0n) is 42.6. The Balaban J connectivity index is 4.34. The van der Waals surface area contributed by atoms with E-state index in [1.807, 2.05) is 0 Å². The molecule has 0 radical (unpaired) electrons. The van der Waals surface area contributed by atoms with Gasteiger partial charge < -0.3 is 14.2 Å². The van der Waals surface area contributed by atoms with Gasteiger partial charge in [-0.2, -0.15) is 0 Å². The molecule has 0 saturated carbocycles. The van der Waals surface area contributed by atoms with E-state index in [-0.39, 0.29) is 31.1 Å². The van der Waals surface area contributed by atoms with Gasteiger partial charge in [0, 0.05) is 19.3 Å². The van der Waals surface area contributed by atoms with E-state index >= 15 is 0 Å². The van der Waals surface area contributed by atoms with Gasteiger partial charge in [0.05, 0.1) is 0 Å². The lowest BCUT2D eigenvalue weighted by atomic mass is 10.1. The van der Waals surface area contributed by atoms with Crippen LogP contribution >= 0.6 is 0 Å². The Hall–Kier alpha value is -2.63. The number of unbranched alkanes of at least 4 members (excludes halogenated alkanes) is 31. The van der Waals surface area contributed by atoms with Crippen LogP contribution in [0.2, 0.25) is 0 Å². The van der Waals surface area contributed by atoms with E-state index in [1.54, 1.807) is 0 Å². The number of carbonyl (C=O) groups is 3. The van der Waals surface area contributed by atoms with Crippen molar-refractivity contribution in [3.8, 4) is 0 Å². The van der Waals surface area contributed by atoms with E-state index in [0.717, 1.165) is 89.9 Å². The molecule has 0 spiro atoms. The predicted octanol–water partition coefficient (Wildman–Crippen LogP) is 18.3. The molecule has 0 rings (SSSR count). The van der Waals surface area contributed by atoms with Crippen LogP contribution in [-0.2, 0) is 28.6 Å². The lowest BCUT2D eigenvalue weighted by Gasteiger charge is -2.18. The summed E-state index contributed by atoms with van der Waals surface area (Å²) in [5.74, 6) is -0.885. The third kappa shape index (κ3) is 50.4. The highest BCUT2D eigenvalue weighted by atomic mass is 16.6. The number of hydrogen-bond acceptors (Lipinski definition) is 6. The van der Waals surface area contributed by atoms with Gasteiger partial charge in [0.25, 0.3) is 0 Å². The van der Waals surface area contributed by atoms with Crippen molar-refractivity contribution < 1.29 is 28.6 Å². The molecule has 0 fully saturated rings. The molecule has 0 aromatic rings.